The molecule has 26 heavy (non-hydrogen) atoms. The minimum absolute atomic E-state index is 0.179. The molecular weight excluding hydrogens is 350 g/mol. The summed E-state index contributed by atoms with van der Waals surface area (Å²) in [5.74, 6) is -2.15. The summed E-state index contributed by atoms with van der Waals surface area (Å²) >= 11 is 0. The molecule has 1 aliphatic rings. The lowest BCUT2D eigenvalue weighted by Crippen LogP contribution is -2.43. The van der Waals surface area contributed by atoms with Crippen LogP contribution in [0.25, 0.3) is 0 Å². The Morgan fingerprint density at radius 1 is 1.04 bits per heavy atom. The van der Waals surface area contributed by atoms with Crippen molar-refractivity contribution in [3.63, 3.8) is 0 Å². The van der Waals surface area contributed by atoms with Gasteiger partial charge in [0.05, 0.1) is 5.56 Å². The molecule has 1 saturated heterocycles. The number of halogens is 4. The van der Waals surface area contributed by atoms with Crippen LogP contribution in [0.2, 0.25) is 0 Å². The molecule has 1 aliphatic heterocycles. The van der Waals surface area contributed by atoms with Gasteiger partial charge in [-0.25, -0.2) is 4.39 Å². The summed E-state index contributed by atoms with van der Waals surface area (Å²) in [6.07, 6.45) is -4.79. The lowest BCUT2D eigenvalue weighted by atomic mass is 10.1. The van der Waals surface area contributed by atoms with Crippen molar-refractivity contribution < 1.29 is 22.4 Å². The Hall–Kier alpha value is -2.61. The lowest BCUT2D eigenvalue weighted by molar-refractivity contribution is -0.140. The van der Waals surface area contributed by atoms with Gasteiger partial charge in [0.15, 0.2) is 0 Å². The van der Waals surface area contributed by atoms with Gasteiger partial charge in [-0.2, -0.15) is 13.2 Å². The van der Waals surface area contributed by atoms with Crippen LogP contribution in [0.3, 0.4) is 0 Å². The molecule has 0 atom stereocenters. The van der Waals surface area contributed by atoms with Gasteiger partial charge in [0.1, 0.15) is 5.82 Å². The molecule has 0 spiro atoms. The highest BCUT2D eigenvalue weighted by Gasteiger charge is 2.34. The van der Waals surface area contributed by atoms with E-state index in [0.29, 0.717) is 17.8 Å². The molecule has 0 aliphatic carbocycles. The Morgan fingerprint density at radius 3 is 2.27 bits per heavy atom. The topological polar surface area (TPSA) is 44.4 Å². The average Bonchev–Trinajstić information content (AvgIpc) is 2.62. The van der Waals surface area contributed by atoms with Gasteiger partial charge in [-0.15, -0.1) is 0 Å². The van der Waals surface area contributed by atoms with E-state index in [4.69, 9.17) is 0 Å². The van der Waals surface area contributed by atoms with Gasteiger partial charge in [-0.1, -0.05) is 0 Å². The van der Waals surface area contributed by atoms with E-state index in [1.54, 1.807) is 12.1 Å². The summed E-state index contributed by atoms with van der Waals surface area (Å²) in [4.78, 5) is 14.3. The van der Waals surface area contributed by atoms with Crippen molar-refractivity contribution in [3.8, 4) is 0 Å². The van der Waals surface area contributed by atoms with E-state index in [9.17, 15) is 22.4 Å². The molecule has 3 rings (SSSR count). The van der Waals surface area contributed by atoms with Crippen LogP contribution < -0.4 is 15.5 Å². The van der Waals surface area contributed by atoms with Gasteiger partial charge in [0.2, 0.25) is 0 Å². The predicted octanol–water partition coefficient (Wildman–Crippen LogP) is 3.51. The zero-order valence-corrected chi connectivity index (χ0v) is 13.7. The van der Waals surface area contributed by atoms with Gasteiger partial charge < -0.3 is 15.5 Å². The number of rotatable bonds is 3. The SMILES string of the molecule is O=C(Nc1ccc(N2CCNCC2)cc1)c1ccc(C(F)(F)F)c(F)c1. The van der Waals surface area contributed by atoms with Gasteiger partial charge in [-0.3, -0.25) is 4.79 Å². The second-order valence-electron chi connectivity index (χ2n) is 5.93. The molecule has 0 saturated carbocycles. The minimum atomic E-state index is -4.79. The van der Waals surface area contributed by atoms with Crippen molar-refractivity contribution in [3.05, 3.63) is 59.4 Å². The first kappa shape index (κ1) is 18.2. The molecule has 0 aromatic heterocycles. The molecule has 2 N–H and O–H groups in total. The third-order valence-corrected chi connectivity index (χ3v) is 4.14. The molecule has 1 heterocycles. The van der Waals surface area contributed by atoms with Crippen LogP contribution in [0.1, 0.15) is 15.9 Å². The molecule has 138 valence electrons. The van der Waals surface area contributed by atoms with Crippen LogP contribution in [0.5, 0.6) is 0 Å². The molecular formula is C18H17F4N3O. The summed E-state index contributed by atoms with van der Waals surface area (Å²) in [7, 11) is 0. The quantitative estimate of drug-likeness (QED) is 0.816. The molecule has 8 heteroatoms. The Balaban J connectivity index is 1.69. The number of carbonyl (C=O) groups excluding carboxylic acids is 1. The third-order valence-electron chi connectivity index (χ3n) is 4.14. The highest BCUT2D eigenvalue weighted by atomic mass is 19.4. The fourth-order valence-electron chi connectivity index (χ4n) is 2.77. The number of nitrogens with zero attached hydrogens (tertiary/aromatic N) is 1. The van der Waals surface area contributed by atoms with Gasteiger partial charge in [-0.05, 0) is 42.5 Å². The van der Waals surface area contributed by atoms with Crippen molar-refractivity contribution in [1.82, 2.24) is 5.32 Å². The highest BCUT2D eigenvalue weighted by Crippen LogP contribution is 2.31. The summed E-state index contributed by atoms with van der Waals surface area (Å²) in [5, 5.41) is 5.81. The summed E-state index contributed by atoms with van der Waals surface area (Å²) < 4.78 is 51.3. The van der Waals surface area contributed by atoms with Gasteiger partial charge in [0.25, 0.3) is 5.91 Å². The number of nitrogens with one attached hydrogen (secondary N) is 2. The first-order chi connectivity index (χ1) is 12.3. The number of carbonyl (C=O) groups is 1. The third kappa shape index (κ3) is 4.13. The largest absolute Gasteiger partial charge is 0.419 e. The number of anilines is 2. The minimum Gasteiger partial charge on any atom is -0.369 e. The van der Waals surface area contributed by atoms with E-state index in [1.165, 1.54) is 0 Å². The second-order valence-corrected chi connectivity index (χ2v) is 5.93. The van der Waals surface area contributed by atoms with Crippen LogP contribution in [0, 0.1) is 5.82 Å². The number of alkyl halides is 3. The maximum absolute atomic E-state index is 13.6. The molecule has 0 bridgehead atoms. The van der Waals surface area contributed by atoms with Crippen LogP contribution in [0.4, 0.5) is 28.9 Å². The highest BCUT2D eigenvalue weighted by molar-refractivity contribution is 6.04. The molecule has 1 amide bonds. The number of piperazine rings is 1. The number of amides is 1. The van der Waals surface area contributed by atoms with Gasteiger partial charge in [0, 0.05) is 43.1 Å². The average molecular weight is 367 g/mol. The maximum atomic E-state index is 13.6. The van der Waals surface area contributed by atoms with Crippen LogP contribution >= 0.6 is 0 Å². The van der Waals surface area contributed by atoms with Crippen molar-refractivity contribution >= 4 is 17.3 Å². The Kier molecular flexibility index (Phi) is 5.13. The smallest absolute Gasteiger partial charge is 0.369 e. The van der Waals surface area contributed by atoms with E-state index in [0.717, 1.165) is 37.9 Å². The van der Waals surface area contributed by atoms with Crippen molar-refractivity contribution in [2.24, 2.45) is 0 Å². The van der Waals surface area contributed by atoms with Crippen LogP contribution in [0.15, 0.2) is 42.5 Å². The Morgan fingerprint density at radius 2 is 1.69 bits per heavy atom. The van der Waals surface area contributed by atoms with E-state index in [2.05, 4.69) is 15.5 Å². The van der Waals surface area contributed by atoms with Gasteiger partial charge >= 0.3 is 6.18 Å². The maximum Gasteiger partial charge on any atom is 0.419 e. The standard InChI is InChI=1S/C18H17F4N3O/c19-16-11-12(1-6-15(16)18(20,21)22)17(26)24-13-2-4-14(5-3-13)25-9-7-23-8-10-25/h1-6,11,23H,7-10H2,(H,24,26). The van der Waals surface area contributed by atoms with Crippen molar-refractivity contribution in [1.29, 1.82) is 0 Å². The fourth-order valence-corrected chi connectivity index (χ4v) is 2.77. The van der Waals surface area contributed by atoms with E-state index < -0.39 is 23.5 Å². The fraction of sp³-hybridized carbons (Fsp3) is 0.278. The number of hydrogen-bond donors (Lipinski definition) is 2. The summed E-state index contributed by atoms with van der Waals surface area (Å²) in [6.45, 7) is 3.57. The molecule has 1 fully saturated rings. The number of hydrogen-bond acceptors (Lipinski definition) is 3. The summed E-state index contributed by atoms with van der Waals surface area (Å²) in [6, 6.07) is 9.23. The predicted molar refractivity (Wildman–Crippen MR) is 90.9 cm³/mol. The lowest BCUT2D eigenvalue weighted by Gasteiger charge is -2.29. The van der Waals surface area contributed by atoms with E-state index >= 15 is 0 Å². The molecule has 0 radical (unpaired) electrons. The first-order valence-electron chi connectivity index (χ1n) is 8.08. The second kappa shape index (κ2) is 7.33. The van der Waals surface area contributed by atoms with E-state index in [-0.39, 0.29) is 5.56 Å². The van der Waals surface area contributed by atoms with Crippen LogP contribution in [-0.4, -0.2) is 32.1 Å². The van der Waals surface area contributed by atoms with Crippen molar-refractivity contribution in [2.45, 2.75) is 6.18 Å². The molecule has 2 aromatic carbocycles. The molecule has 2 aromatic rings. The van der Waals surface area contributed by atoms with Crippen LogP contribution in [-0.2, 0) is 6.18 Å². The van der Waals surface area contributed by atoms with Crippen molar-refractivity contribution in [2.75, 3.05) is 36.4 Å². The summed E-state index contributed by atoms with van der Waals surface area (Å²) in [5.41, 5.74) is -0.0737. The first-order valence-corrected chi connectivity index (χ1v) is 8.08. The Labute approximate surface area is 147 Å². The zero-order valence-electron chi connectivity index (χ0n) is 13.7. The monoisotopic (exact) mass is 367 g/mol. The Bertz CT molecular complexity index is 784. The molecule has 0 unspecified atom stereocenters. The number of benzene rings is 2. The van der Waals surface area contributed by atoms with E-state index in [1.807, 2.05) is 12.1 Å². The molecule has 4 nitrogen and oxygen atoms in total. The zero-order chi connectivity index (χ0) is 18.7. The normalized spacial score (nSPS) is 15.0.